The molecule has 8 nitrogen and oxygen atoms in total. The van der Waals surface area contributed by atoms with Gasteiger partial charge in [-0.3, -0.25) is 9.78 Å². The smallest absolute Gasteiger partial charge is 0.258 e. The number of rotatable bonds is 7. The van der Waals surface area contributed by atoms with E-state index in [9.17, 15) is 4.79 Å². The number of hydrogen-bond acceptors (Lipinski definition) is 7. The second-order valence-corrected chi connectivity index (χ2v) is 7.48. The summed E-state index contributed by atoms with van der Waals surface area (Å²) in [5, 5.41) is 8.05. The summed E-state index contributed by atoms with van der Waals surface area (Å²) in [6, 6.07) is 3.91. The summed E-state index contributed by atoms with van der Waals surface area (Å²) in [7, 11) is 0. The molecule has 4 heterocycles. The summed E-state index contributed by atoms with van der Waals surface area (Å²) in [4.78, 5) is 23.3. The maximum atomic E-state index is 12.8. The van der Waals surface area contributed by atoms with Crippen LogP contribution in [0.2, 0.25) is 0 Å². The van der Waals surface area contributed by atoms with Gasteiger partial charge in [0.15, 0.2) is 5.82 Å². The fourth-order valence-electron chi connectivity index (χ4n) is 3.96. The predicted octanol–water partition coefficient (Wildman–Crippen LogP) is 3.29. The van der Waals surface area contributed by atoms with Gasteiger partial charge < -0.3 is 13.9 Å². The molecule has 1 amide bonds. The quantitative estimate of drug-likeness (QED) is 0.605. The molecule has 0 aliphatic carbocycles. The maximum Gasteiger partial charge on any atom is 0.258 e. The van der Waals surface area contributed by atoms with Gasteiger partial charge in [-0.1, -0.05) is 10.3 Å². The Balaban J connectivity index is 1.32. The van der Waals surface area contributed by atoms with E-state index in [-0.39, 0.29) is 11.9 Å². The highest BCUT2D eigenvalue weighted by molar-refractivity contribution is 5.77. The molecule has 152 valence electrons. The van der Waals surface area contributed by atoms with Crippen LogP contribution in [0.5, 0.6) is 0 Å². The van der Waals surface area contributed by atoms with Gasteiger partial charge >= 0.3 is 0 Å². The Labute approximate surface area is 169 Å². The molecule has 0 spiro atoms. The van der Waals surface area contributed by atoms with Crippen LogP contribution in [0, 0.1) is 13.8 Å². The summed E-state index contributed by atoms with van der Waals surface area (Å²) >= 11 is 0. The highest BCUT2D eigenvalue weighted by Crippen LogP contribution is 2.24. The lowest BCUT2D eigenvalue weighted by Crippen LogP contribution is -2.36. The van der Waals surface area contributed by atoms with Crippen molar-refractivity contribution in [2.75, 3.05) is 6.54 Å². The largest absolute Gasteiger partial charge is 0.361 e. The van der Waals surface area contributed by atoms with Crippen LogP contribution in [0.1, 0.15) is 48.5 Å². The van der Waals surface area contributed by atoms with E-state index >= 15 is 0 Å². The van der Waals surface area contributed by atoms with Crippen molar-refractivity contribution in [1.82, 2.24) is 25.2 Å². The number of pyridine rings is 1. The third kappa shape index (κ3) is 4.36. The van der Waals surface area contributed by atoms with Gasteiger partial charge in [-0.15, -0.1) is 0 Å². The SMILES string of the molecule is Cc1noc(C)c1CCC(=O)N1CCCC1CCc1noc(-c2ccncc2)n1. The Bertz CT molecular complexity index is 946. The third-order valence-corrected chi connectivity index (χ3v) is 5.56. The summed E-state index contributed by atoms with van der Waals surface area (Å²) in [6.45, 7) is 4.63. The molecule has 0 radical (unpaired) electrons. The lowest BCUT2D eigenvalue weighted by atomic mass is 10.1. The second kappa shape index (κ2) is 8.55. The first kappa shape index (κ1) is 19.3. The lowest BCUT2D eigenvalue weighted by Gasteiger charge is -2.24. The number of aromatic nitrogens is 4. The zero-order chi connectivity index (χ0) is 20.2. The Morgan fingerprint density at radius 1 is 1.17 bits per heavy atom. The van der Waals surface area contributed by atoms with Crippen LogP contribution in [0.3, 0.4) is 0 Å². The van der Waals surface area contributed by atoms with E-state index in [0.717, 1.165) is 48.4 Å². The molecule has 3 aromatic rings. The Morgan fingerprint density at radius 3 is 2.76 bits per heavy atom. The van der Waals surface area contributed by atoms with Crippen molar-refractivity contribution in [2.24, 2.45) is 0 Å². The highest BCUT2D eigenvalue weighted by Gasteiger charge is 2.29. The number of aryl methyl sites for hydroxylation is 3. The molecule has 8 heteroatoms. The standard InChI is InChI=1S/C21H25N5O3/c1-14-18(15(2)28-24-14)6-8-20(27)26-13-3-4-17(26)5-7-19-23-21(29-25-19)16-9-11-22-12-10-16/h9-12,17H,3-8,13H2,1-2H3. The number of carbonyl (C=O) groups excluding carboxylic acids is 1. The molecule has 1 unspecified atom stereocenters. The fraction of sp³-hybridized carbons (Fsp3) is 0.476. The molecule has 0 bridgehead atoms. The Morgan fingerprint density at radius 2 is 2.00 bits per heavy atom. The Hall–Kier alpha value is -3.03. The lowest BCUT2D eigenvalue weighted by molar-refractivity contribution is -0.132. The number of hydrogen-bond donors (Lipinski definition) is 0. The Kier molecular flexibility index (Phi) is 5.69. The molecule has 1 atom stereocenters. The van der Waals surface area contributed by atoms with E-state index in [0.29, 0.717) is 31.0 Å². The topological polar surface area (TPSA) is 98.2 Å². The monoisotopic (exact) mass is 395 g/mol. The van der Waals surface area contributed by atoms with Gasteiger partial charge in [-0.2, -0.15) is 4.98 Å². The van der Waals surface area contributed by atoms with Crippen molar-refractivity contribution in [3.05, 3.63) is 47.4 Å². The van der Waals surface area contributed by atoms with Gasteiger partial charge in [0.05, 0.1) is 5.69 Å². The minimum Gasteiger partial charge on any atom is -0.361 e. The van der Waals surface area contributed by atoms with Crippen LogP contribution in [0.25, 0.3) is 11.5 Å². The summed E-state index contributed by atoms with van der Waals surface area (Å²) < 4.78 is 10.6. The minimum absolute atomic E-state index is 0.193. The maximum absolute atomic E-state index is 12.8. The second-order valence-electron chi connectivity index (χ2n) is 7.48. The van der Waals surface area contributed by atoms with Gasteiger partial charge in [0.1, 0.15) is 5.76 Å². The molecule has 29 heavy (non-hydrogen) atoms. The van der Waals surface area contributed by atoms with E-state index in [2.05, 4.69) is 20.3 Å². The first-order valence-electron chi connectivity index (χ1n) is 10.1. The predicted molar refractivity (Wildman–Crippen MR) is 105 cm³/mol. The number of amides is 1. The molecular formula is C21H25N5O3. The molecule has 1 saturated heterocycles. The van der Waals surface area contributed by atoms with Crippen LogP contribution in [-0.2, 0) is 17.6 Å². The number of carbonyl (C=O) groups is 1. The van der Waals surface area contributed by atoms with Crippen molar-refractivity contribution in [3.8, 4) is 11.5 Å². The van der Waals surface area contributed by atoms with Crippen LogP contribution in [0.4, 0.5) is 0 Å². The van der Waals surface area contributed by atoms with Crippen LogP contribution in [0.15, 0.2) is 33.6 Å². The van der Waals surface area contributed by atoms with E-state index in [1.807, 2.05) is 30.9 Å². The molecular weight excluding hydrogens is 370 g/mol. The minimum atomic E-state index is 0.193. The molecule has 0 aromatic carbocycles. The summed E-state index contributed by atoms with van der Waals surface area (Å²) in [5.41, 5.74) is 2.77. The summed E-state index contributed by atoms with van der Waals surface area (Å²) in [6.07, 6.45) is 8.13. The molecule has 0 saturated carbocycles. The van der Waals surface area contributed by atoms with E-state index < -0.39 is 0 Å². The van der Waals surface area contributed by atoms with Crippen LogP contribution < -0.4 is 0 Å². The third-order valence-electron chi connectivity index (χ3n) is 5.56. The molecule has 3 aromatic heterocycles. The van der Waals surface area contributed by atoms with Crippen molar-refractivity contribution >= 4 is 5.91 Å². The van der Waals surface area contributed by atoms with Gasteiger partial charge in [-0.05, 0) is 51.7 Å². The number of nitrogens with zero attached hydrogens (tertiary/aromatic N) is 5. The molecule has 0 N–H and O–H groups in total. The fourth-order valence-corrected chi connectivity index (χ4v) is 3.96. The van der Waals surface area contributed by atoms with E-state index in [1.165, 1.54) is 0 Å². The molecule has 1 aliphatic rings. The van der Waals surface area contributed by atoms with Crippen LogP contribution in [-0.4, -0.2) is 43.7 Å². The number of likely N-dealkylation sites (tertiary alicyclic amines) is 1. The van der Waals surface area contributed by atoms with Gasteiger partial charge in [-0.25, -0.2) is 0 Å². The van der Waals surface area contributed by atoms with Gasteiger partial charge in [0, 0.05) is 48.9 Å². The van der Waals surface area contributed by atoms with Crippen LogP contribution >= 0.6 is 0 Å². The average Bonchev–Trinajstić information content (AvgIpc) is 3.46. The van der Waals surface area contributed by atoms with E-state index in [4.69, 9.17) is 9.05 Å². The van der Waals surface area contributed by atoms with Gasteiger partial charge in [0.25, 0.3) is 5.89 Å². The first-order chi connectivity index (χ1) is 14.1. The van der Waals surface area contributed by atoms with E-state index in [1.54, 1.807) is 12.4 Å². The molecule has 1 aliphatic heterocycles. The van der Waals surface area contributed by atoms with Crippen molar-refractivity contribution < 1.29 is 13.8 Å². The summed E-state index contributed by atoms with van der Waals surface area (Å²) in [5.74, 6) is 2.17. The van der Waals surface area contributed by atoms with Gasteiger partial charge in [0.2, 0.25) is 5.91 Å². The first-order valence-corrected chi connectivity index (χ1v) is 10.1. The van der Waals surface area contributed by atoms with Crippen molar-refractivity contribution in [1.29, 1.82) is 0 Å². The van der Waals surface area contributed by atoms with Crippen molar-refractivity contribution in [2.45, 2.75) is 58.4 Å². The average molecular weight is 395 g/mol. The molecule has 4 rings (SSSR count). The molecule has 1 fully saturated rings. The van der Waals surface area contributed by atoms with Crippen molar-refractivity contribution in [3.63, 3.8) is 0 Å². The zero-order valence-corrected chi connectivity index (χ0v) is 16.8. The highest BCUT2D eigenvalue weighted by atomic mass is 16.5. The zero-order valence-electron chi connectivity index (χ0n) is 16.8. The normalized spacial score (nSPS) is 16.5.